The molecule has 6 heteroatoms. The second kappa shape index (κ2) is 12.6. The van der Waals surface area contributed by atoms with E-state index in [1.54, 1.807) is 0 Å². The first-order chi connectivity index (χ1) is 28.7. The lowest BCUT2D eigenvalue weighted by atomic mass is 10.0. The van der Waals surface area contributed by atoms with Crippen molar-refractivity contribution in [1.82, 2.24) is 24.1 Å². The lowest BCUT2D eigenvalue weighted by Gasteiger charge is -2.14. The molecule has 4 heterocycles. The van der Waals surface area contributed by atoms with Crippen molar-refractivity contribution in [3.63, 3.8) is 0 Å². The third-order valence-electron chi connectivity index (χ3n) is 11.5. The van der Waals surface area contributed by atoms with Gasteiger partial charge in [0.15, 0.2) is 23.1 Å². The highest BCUT2D eigenvalue weighted by Gasteiger charge is 2.28. The van der Waals surface area contributed by atoms with Gasteiger partial charge in [-0.05, 0) is 61.0 Å². The summed E-state index contributed by atoms with van der Waals surface area (Å²) in [4.78, 5) is 15.1. The van der Waals surface area contributed by atoms with Crippen LogP contribution < -0.4 is 0 Å². The Balaban J connectivity index is 1.18. The van der Waals surface area contributed by atoms with E-state index >= 15 is 0 Å². The molecule has 12 aromatic rings. The molecule has 272 valence electrons. The minimum Gasteiger partial charge on any atom is -0.454 e. The van der Waals surface area contributed by atoms with Crippen LogP contribution in [0.5, 0.6) is 0 Å². The molecule has 0 amide bonds. The summed E-state index contributed by atoms with van der Waals surface area (Å²) in [6.07, 6.45) is 0. The van der Waals surface area contributed by atoms with Crippen LogP contribution in [0.25, 0.3) is 111 Å². The predicted octanol–water partition coefficient (Wildman–Crippen LogP) is 13.3. The molecule has 0 spiro atoms. The van der Waals surface area contributed by atoms with Gasteiger partial charge in [0.2, 0.25) is 0 Å². The number of benzene rings is 8. The molecule has 0 bridgehead atoms. The fraction of sp³-hybridized carbons (Fsp3) is 0.0192. The molecular weight excluding hydrogens is 711 g/mol. The molecule has 8 aromatic carbocycles. The van der Waals surface area contributed by atoms with Gasteiger partial charge in [0, 0.05) is 60.4 Å². The molecule has 0 aliphatic carbocycles. The summed E-state index contributed by atoms with van der Waals surface area (Å²) in [5.41, 5.74) is 12.2. The Morgan fingerprint density at radius 2 is 0.931 bits per heavy atom. The molecule has 0 radical (unpaired) electrons. The maximum absolute atomic E-state index is 7.01. The number of nitrogens with zero attached hydrogens (tertiary/aromatic N) is 5. The van der Waals surface area contributed by atoms with E-state index in [9.17, 15) is 0 Å². The first-order valence-electron chi connectivity index (χ1n) is 19.5. The number of furan rings is 1. The second-order valence-electron chi connectivity index (χ2n) is 14.8. The van der Waals surface area contributed by atoms with Gasteiger partial charge in [0.1, 0.15) is 5.58 Å². The minimum atomic E-state index is 0.632. The first-order valence-corrected chi connectivity index (χ1v) is 19.5. The van der Waals surface area contributed by atoms with Crippen LogP contribution in [0.2, 0.25) is 0 Å². The topological polar surface area (TPSA) is 61.7 Å². The molecule has 0 aliphatic rings. The first kappa shape index (κ1) is 32.4. The summed E-state index contributed by atoms with van der Waals surface area (Å²) < 4.78 is 11.8. The molecule has 0 atom stereocenters. The number of aryl methyl sites for hydroxylation is 1. The third kappa shape index (κ3) is 4.75. The van der Waals surface area contributed by atoms with Crippen LogP contribution in [0.15, 0.2) is 186 Å². The smallest absolute Gasteiger partial charge is 0.164 e. The molecule has 0 unspecified atom stereocenters. The van der Waals surface area contributed by atoms with E-state index in [2.05, 4.69) is 137 Å². The standard InChI is InChI=1S/C52H33N5O/c1-32-31-36(29-30-37(32)52-54-50(33-17-5-2-6-18-33)53-51(55-52)34-19-7-3-8-20-34)57-42-27-15-12-24-39(42)46-47-44(45-40-25-13-16-28-43(40)58-49(45)48(46)57)38-23-11-14-26-41(38)56(47)35-21-9-4-10-22-35/h2-31H,1H3. The molecular formula is C52H33N5O. The van der Waals surface area contributed by atoms with Gasteiger partial charge in [0.05, 0.1) is 22.1 Å². The van der Waals surface area contributed by atoms with E-state index in [0.29, 0.717) is 17.5 Å². The third-order valence-corrected chi connectivity index (χ3v) is 11.5. The van der Waals surface area contributed by atoms with Gasteiger partial charge in [-0.15, -0.1) is 0 Å². The van der Waals surface area contributed by atoms with Crippen LogP contribution in [0.3, 0.4) is 0 Å². The highest BCUT2D eigenvalue weighted by Crippen LogP contribution is 2.49. The average Bonchev–Trinajstić information content (AvgIpc) is 3.95. The number of aromatic nitrogens is 5. The molecule has 0 fully saturated rings. The molecule has 4 aromatic heterocycles. The fourth-order valence-corrected chi connectivity index (χ4v) is 8.97. The Morgan fingerprint density at radius 3 is 1.57 bits per heavy atom. The Hall–Kier alpha value is -7.83. The largest absolute Gasteiger partial charge is 0.454 e. The van der Waals surface area contributed by atoms with Crippen LogP contribution in [0, 0.1) is 6.92 Å². The van der Waals surface area contributed by atoms with Gasteiger partial charge in [-0.2, -0.15) is 0 Å². The number of hydrogen-bond acceptors (Lipinski definition) is 4. The molecule has 58 heavy (non-hydrogen) atoms. The highest BCUT2D eigenvalue weighted by atomic mass is 16.3. The molecule has 0 N–H and O–H groups in total. The van der Waals surface area contributed by atoms with Crippen molar-refractivity contribution in [1.29, 1.82) is 0 Å². The molecule has 6 nitrogen and oxygen atoms in total. The van der Waals surface area contributed by atoms with E-state index in [1.807, 2.05) is 60.7 Å². The summed E-state index contributed by atoms with van der Waals surface area (Å²) in [7, 11) is 0. The number of para-hydroxylation sites is 4. The lowest BCUT2D eigenvalue weighted by Crippen LogP contribution is -2.02. The quantitative estimate of drug-likeness (QED) is 0.176. The summed E-state index contributed by atoms with van der Waals surface area (Å²) in [6, 6.07) is 63.4. The van der Waals surface area contributed by atoms with E-state index in [0.717, 1.165) is 88.4 Å². The zero-order valence-corrected chi connectivity index (χ0v) is 31.5. The summed E-state index contributed by atoms with van der Waals surface area (Å²) in [5.74, 6) is 1.91. The Morgan fingerprint density at radius 1 is 0.414 bits per heavy atom. The number of fused-ring (bicyclic) bond motifs is 12. The van der Waals surface area contributed by atoms with Gasteiger partial charge in [-0.25, -0.2) is 15.0 Å². The molecule has 0 saturated carbocycles. The Labute approximate surface area is 332 Å². The minimum absolute atomic E-state index is 0.632. The number of rotatable bonds is 5. The molecule has 0 saturated heterocycles. The second-order valence-corrected chi connectivity index (χ2v) is 14.8. The Kier molecular flexibility index (Phi) is 7.04. The highest BCUT2D eigenvalue weighted by molar-refractivity contribution is 6.39. The van der Waals surface area contributed by atoms with Crippen molar-refractivity contribution < 1.29 is 4.42 Å². The van der Waals surface area contributed by atoms with Crippen molar-refractivity contribution in [2.24, 2.45) is 0 Å². The summed E-state index contributed by atoms with van der Waals surface area (Å²) in [5, 5.41) is 6.91. The fourth-order valence-electron chi connectivity index (χ4n) is 8.97. The van der Waals surface area contributed by atoms with Crippen LogP contribution in [-0.2, 0) is 0 Å². The van der Waals surface area contributed by atoms with E-state index in [1.165, 1.54) is 10.8 Å². The van der Waals surface area contributed by atoms with Crippen LogP contribution >= 0.6 is 0 Å². The lowest BCUT2D eigenvalue weighted by molar-refractivity contribution is 0.671. The van der Waals surface area contributed by atoms with Crippen molar-refractivity contribution in [2.45, 2.75) is 6.92 Å². The van der Waals surface area contributed by atoms with Crippen molar-refractivity contribution in [2.75, 3.05) is 0 Å². The average molecular weight is 744 g/mol. The van der Waals surface area contributed by atoms with Gasteiger partial charge in [-0.1, -0.05) is 133 Å². The summed E-state index contributed by atoms with van der Waals surface area (Å²) in [6.45, 7) is 2.14. The SMILES string of the molecule is Cc1cc(-n2c3ccccc3c3c2c2oc4ccccc4c2c2c4ccccc4n(-c4ccccc4)c23)ccc1-c1nc(-c2ccccc2)nc(-c2ccccc2)n1. The van der Waals surface area contributed by atoms with Crippen molar-refractivity contribution in [3.05, 3.63) is 188 Å². The maximum atomic E-state index is 7.01. The zero-order chi connectivity index (χ0) is 38.3. The predicted molar refractivity (Wildman–Crippen MR) is 237 cm³/mol. The van der Waals surface area contributed by atoms with Crippen molar-refractivity contribution in [3.8, 4) is 45.5 Å². The van der Waals surface area contributed by atoms with Gasteiger partial charge >= 0.3 is 0 Å². The van der Waals surface area contributed by atoms with Crippen LogP contribution in [0.1, 0.15) is 5.56 Å². The van der Waals surface area contributed by atoms with Crippen LogP contribution in [0.4, 0.5) is 0 Å². The van der Waals surface area contributed by atoms with Crippen LogP contribution in [-0.4, -0.2) is 24.1 Å². The normalized spacial score (nSPS) is 11.9. The number of hydrogen-bond donors (Lipinski definition) is 0. The Bertz CT molecular complexity index is 3510. The zero-order valence-electron chi connectivity index (χ0n) is 31.5. The van der Waals surface area contributed by atoms with E-state index in [-0.39, 0.29) is 0 Å². The van der Waals surface area contributed by atoms with Gasteiger partial charge in [0.25, 0.3) is 0 Å². The molecule has 12 rings (SSSR count). The van der Waals surface area contributed by atoms with E-state index < -0.39 is 0 Å². The maximum Gasteiger partial charge on any atom is 0.164 e. The molecule has 0 aliphatic heterocycles. The van der Waals surface area contributed by atoms with Gasteiger partial charge < -0.3 is 13.6 Å². The summed E-state index contributed by atoms with van der Waals surface area (Å²) >= 11 is 0. The van der Waals surface area contributed by atoms with E-state index in [4.69, 9.17) is 19.4 Å². The van der Waals surface area contributed by atoms with Gasteiger partial charge in [-0.3, -0.25) is 0 Å². The monoisotopic (exact) mass is 743 g/mol. The van der Waals surface area contributed by atoms with Crippen molar-refractivity contribution >= 4 is 65.6 Å².